The molecule has 0 bridgehead atoms. The number of nitrogens with one attached hydrogen (secondary N) is 1. The molecular weight excluding hydrogens is 328 g/mol. The monoisotopic (exact) mass is 344 g/mol. The molecule has 1 aromatic carbocycles. The molecule has 2 heterocycles. The third-order valence-electron chi connectivity index (χ3n) is 3.70. The second-order valence-corrected chi connectivity index (χ2v) is 5.88. The van der Waals surface area contributed by atoms with Crippen LogP contribution in [0.1, 0.15) is 22.3 Å². The molecule has 0 spiro atoms. The van der Waals surface area contributed by atoms with Crippen LogP contribution in [-0.4, -0.2) is 29.6 Å². The molecule has 7 heteroatoms. The largest absolute Gasteiger partial charge is 0.463 e. The van der Waals surface area contributed by atoms with Gasteiger partial charge in [-0.3, -0.25) is 4.79 Å². The van der Waals surface area contributed by atoms with Crippen molar-refractivity contribution in [3.05, 3.63) is 58.9 Å². The first kappa shape index (κ1) is 16.3. The van der Waals surface area contributed by atoms with Gasteiger partial charge in [-0.25, -0.2) is 9.98 Å². The number of anilines is 1. The lowest BCUT2D eigenvalue weighted by atomic mass is 10.1. The van der Waals surface area contributed by atoms with E-state index in [0.29, 0.717) is 17.3 Å². The first-order chi connectivity index (χ1) is 11.6. The molecular formula is C17H17ClN4O2. The van der Waals surface area contributed by atoms with Gasteiger partial charge in [0.1, 0.15) is 11.8 Å². The maximum Gasteiger partial charge on any atom is 0.282 e. The highest BCUT2D eigenvalue weighted by molar-refractivity contribution is 6.29. The highest BCUT2D eigenvalue weighted by Crippen LogP contribution is 2.15. The van der Waals surface area contributed by atoms with Crippen molar-refractivity contribution in [1.29, 1.82) is 0 Å². The van der Waals surface area contributed by atoms with E-state index in [2.05, 4.69) is 15.3 Å². The Labute approximate surface area is 144 Å². The summed E-state index contributed by atoms with van der Waals surface area (Å²) in [7, 11) is 0. The molecule has 1 atom stereocenters. The molecule has 1 aromatic heterocycles. The van der Waals surface area contributed by atoms with E-state index in [1.165, 1.54) is 11.8 Å². The Balaban J connectivity index is 1.54. The summed E-state index contributed by atoms with van der Waals surface area (Å²) in [6.07, 6.45) is 3.20. The number of nitrogens with two attached hydrogens (primary N) is 1. The van der Waals surface area contributed by atoms with Gasteiger partial charge in [0.2, 0.25) is 0 Å². The third-order valence-corrected chi connectivity index (χ3v) is 3.92. The van der Waals surface area contributed by atoms with Gasteiger partial charge in [0.25, 0.3) is 11.9 Å². The highest BCUT2D eigenvalue weighted by atomic mass is 35.5. The van der Waals surface area contributed by atoms with Crippen LogP contribution in [-0.2, 0) is 11.2 Å². The number of aryl methyl sites for hydroxylation is 1. The lowest BCUT2D eigenvalue weighted by Gasteiger charge is -2.08. The van der Waals surface area contributed by atoms with Crippen molar-refractivity contribution >= 4 is 29.2 Å². The number of aliphatic imine (C=N–C) groups is 1. The summed E-state index contributed by atoms with van der Waals surface area (Å²) in [4.78, 5) is 20.2. The first-order valence-electron chi connectivity index (χ1n) is 7.58. The van der Waals surface area contributed by atoms with Crippen molar-refractivity contribution in [3.8, 4) is 0 Å². The smallest absolute Gasteiger partial charge is 0.282 e. The predicted octanol–water partition coefficient (Wildman–Crippen LogP) is 2.63. The fourth-order valence-corrected chi connectivity index (χ4v) is 2.50. The number of aromatic nitrogens is 1. The molecule has 1 unspecified atom stereocenters. The van der Waals surface area contributed by atoms with Crippen molar-refractivity contribution in [2.45, 2.75) is 18.9 Å². The molecule has 0 saturated carbocycles. The van der Waals surface area contributed by atoms with Crippen LogP contribution in [0.25, 0.3) is 0 Å². The van der Waals surface area contributed by atoms with Gasteiger partial charge in [-0.1, -0.05) is 23.7 Å². The molecule has 3 N–H and O–H groups in total. The summed E-state index contributed by atoms with van der Waals surface area (Å²) in [5.74, 6) is -0.222. The Bertz CT molecular complexity index is 744. The summed E-state index contributed by atoms with van der Waals surface area (Å²) in [5, 5.41) is 3.18. The van der Waals surface area contributed by atoms with Crippen molar-refractivity contribution in [2.75, 3.05) is 11.9 Å². The molecule has 24 heavy (non-hydrogen) atoms. The number of halogens is 1. The van der Waals surface area contributed by atoms with Crippen LogP contribution >= 0.6 is 11.6 Å². The minimum atomic E-state index is -0.222. The fourth-order valence-electron chi connectivity index (χ4n) is 2.39. The van der Waals surface area contributed by atoms with E-state index in [9.17, 15) is 4.79 Å². The molecule has 1 aliphatic rings. The molecule has 0 saturated heterocycles. The van der Waals surface area contributed by atoms with E-state index < -0.39 is 0 Å². The topological polar surface area (TPSA) is 89.6 Å². The lowest BCUT2D eigenvalue weighted by molar-refractivity contribution is 0.102. The number of carbonyl (C=O) groups excluding carboxylic acids is 1. The van der Waals surface area contributed by atoms with Gasteiger partial charge in [0.15, 0.2) is 0 Å². The molecule has 1 aliphatic heterocycles. The van der Waals surface area contributed by atoms with Crippen molar-refractivity contribution in [1.82, 2.24) is 4.98 Å². The van der Waals surface area contributed by atoms with Crippen LogP contribution in [0.15, 0.2) is 47.6 Å². The second-order valence-electron chi connectivity index (χ2n) is 5.49. The number of amides is 1. The standard InChI is InChI=1S/C17H17ClN4O2/c18-15-8-4-12(9-20-15)16(23)21-13-5-1-11(2-6-13)3-7-14-10-24-17(19)22-14/h1-2,4-6,8-9,14H,3,7,10H2,(H2,19,22)(H,21,23). The number of rotatable bonds is 5. The zero-order valence-electron chi connectivity index (χ0n) is 12.9. The number of nitrogens with zero attached hydrogens (tertiary/aromatic N) is 2. The third kappa shape index (κ3) is 4.23. The van der Waals surface area contributed by atoms with Crippen LogP contribution in [0.2, 0.25) is 5.15 Å². The summed E-state index contributed by atoms with van der Waals surface area (Å²) >= 11 is 5.71. The van der Waals surface area contributed by atoms with E-state index in [0.717, 1.165) is 18.5 Å². The minimum absolute atomic E-state index is 0.127. The van der Waals surface area contributed by atoms with Crippen LogP contribution in [0.3, 0.4) is 0 Å². The zero-order valence-corrected chi connectivity index (χ0v) is 13.7. The molecule has 0 aliphatic carbocycles. The summed E-state index contributed by atoms with van der Waals surface area (Å²) < 4.78 is 5.13. The number of hydrogen-bond donors (Lipinski definition) is 2. The van der Waals surface area contributed by atoms with Gasteiger partial charge in [-0.2, -0.15) is 0 Å². The van der Waals surface area contributed by atoms with E-state index in [1.54, 1.807) is 12.1 Å². The van der Waals surface area contributed by atoms with E-state index in [-0.39, 0.29) is 18.0 Å². The quantitative estimate of drug-likeness (QED) is 0.816. The van der Waals surface area contributed by atoms with Crippen LogP contribution in [0.4, 0.5) is 5.69 Å². The predicted molar refractivity (Wildman–Crippen MR) is 93.3 cm³/mol. The summed E-state index contributed by atoms with van der Waals surface area (Å²) in [5.41, 5.74) is 7.85. The number of carbonyl (C=O) groups is 1. The zero-order chi connectivity index (χ0) is 16.9. The number of ether oxygens (including phenoxy) is 1. The molecule has 0 fully saturated rings. The Morgan fingerprint density at radius 1 is 1.29 bits per heavy atom. The summed E-state index contributed by atoms with van der Waals surface area (Å²) in [6.45, 7) is 0.551. The lowest BCUT2D eigenvalue weighted by Crippen LogP contribution is -2.12. The van der Waals surface area contributed by atoms with Crippen LogP contribution < -0.4 is 11.1 Å². The Hall–Kier alpha value is -2.60. The van der Waals surface area contributed by atoms with Gasteiger partial charge >= 0.3 is 0 Å². The average molecular weight is 345 g/mol. The highest BCUT2D eigenvalue weighted by Gasteiger charge is 2.16. The number of pyridine rings is 1. The number of hydrogen-bond acceptors (Lipinski definition) is 5. The number of benzene rings is 1. The maximum atomic E-state index is 12.1. The maximum absolute atomic E-state index is 12.1. The van der Waals surface area contributed by atoms with E-state index >= 15 is 0 Å². The van der Waals surface area contributed by atoms with Crippen molar-refractivity contribution in [2.24, 2.45) is 10.7 Å². The molecule has 0 radical (unpaired) electrons. The Kier molecular flexibility index (Phi) is 4.96. The van der Waals surface area contributed by atoms with Gasteiger partial charge in [-0.05, 0) is 42.7 Å². The minimum Gasteiger partial charge on any atom is -0.463 e. The SMILES string of the molecule is NC1=NC(CCc2ccc(NC(=O)c3ccc(Cl)nc3)cc2)CO1. The first-order valence-corrected chi connectivity index (χ1v) is 7.96. The average Bonchev–Trinajstić information content (AvgIpc) is 3.00. The molecule has 6 nitrogen and oxygen atoms in total. The second kappa shape index (κ2) is 7.31. The Morgan fingerprint density at radius 3 is 2.71 bits per heavy atom. The van der Waals surface area contributed by atoms with Crippen LogP contribution in [0, 0.1) is 0 Å². The van der Waals surface area contributed by atoms with Gasteiger partial charge in [0, 0.05) is 11.9 Å². The van der Waals surface area contributed by atoms with Gasteiger partial charge in [0.05, 0.1) is 11.6 Å². The Morgan fingerprint density at radius 2 is 2.08 bits per heavy atom. The van der Waals surface area contributed by atoms with E-state index in [1.807, 2.05) is 24.3 Å². The van der Waals surface area contributed by atoms with Crippen molar-refractivity contribution in [3.63, 3.8) is 0 Å². The molecule has 3 rings (SSSR count). The van der Waals surface area contributed by atoms with Crippen molar-refractivity contribution < 1.29 is 9.53 Å². The van der Waals surface area contributed by atoms with Crippen LogP contribution in [0.5, 0.6) is 0 Å². The normalized spacial score (nSPS) is 16.4. The number of amidine groups is 1. The van der Waals surface area contributed by atoms with E-state index in [4.69, 9.17) is 22.1 Å². The van der Waals surface area contributed by atoms with Gasteiger partial charge in [-0.15, -0.1) is 0 Å². The van der Waals surface area contributed by atoms with Gasteiger partial charge < -0.3 is 15.8 Å². The molecule has 1 amide bonds. The fraction of sp³-hybridized carbons (Fsp3) is 0.235. The molecule has 124 valence electrons. The molecule has 2 aromatic rings. The summed E-state index contributed by atoms with van der Waals surface area (Å²) in [6, 6.07) is 11.3.